The molecular formula is C18H26N2O2. The summed E-state index contributed by atoms with van der Waals surface area (Å²) in [4.78, 5) is 17.1. The Morgan fingerprint density at radius 3 is 2.86 bits per heavy atom. The second kappa shape index (κ2) is 6.80. The summed E-state index contributed by atoms with van der Waals surface area (Å²) in [5, 5.41) is 9.37. The van der Waals surface area contributed by atoms with E-state index in [1.54, 1.807) is 0 Å². The lowest BCUT2D eigenvalue weighted by molar-refractivity contribution is -0.138. The third-order valence-electron chi connectivity index (χ3n) is 5.16. The summed E-state index contributed by atoms with van der Waals surface area (Å²) in [5.74, 6) is 0.555. The first-order valence-electron chi connectivity index (χ1n) is 8.39. The van der Waals surface area contributed by atoms with E-state index in [-0.39, 0.29) is 18.6 Å². The summed E-state index contributed by atoms with van der Waals surface area (Å²) in [7, 11) is 0. The normalized spacial score (nSPS) is 23.9. The first-order valence-corrected chi connectivity index (χ1v) is 8.39. The minimum atomic E-state index is -0.0837. The zero-order valence-corrected chi connectivity index (χ0v) is 13.4. The molecule has 2 aliphatic heterocycles. The van der Waals surface area contributed by atoms with Crippen LogP contribution >= 0.6 is 0 Å². The molecule has 2 atom stereocenters. The molecule has 1 amide bonds. The van der Waals surface area contributed by atoms with Gasteiger partial charge in [0.05, 0.1) is 6.04 Å². The molecule has 4 nitrogen and oxygen atoms in total. The molecule has 22 heavy (non-hydrogen) atoms. The van der Waals surface area contributed by atoms with Crippen LogP contribution in [0, 0.1) is 5.92 Å². The average molecular weight is 302 g/mol. The van der Waals surface area contributed by atoms with Gasteiger partial charge in [-0.15, -0.1) is 0 Å². The number of likely N-dealkylation sites (tertiary alicyclic amines) is 1. The molecule has 3 rings (SSSR count). The SMILES string of the molecule is CC(C(=O)N1CCc2ccccc2C1)N1CCCC(CO)C1. The molecule has 0 saturated carbocycles. The van der Waals surface area contributed by atoms with E-state index in [9.17, 15) is 9.90 Å². The first-order chi connectivity index (χ1) is 10.7. The predicted octanol–water partition coefficient (Wildman–Crippen LogP) is 1.66. The molecule has 1 N–H and O–H groups in total. The standard InChI is InChI=1S/C18H26N2O2/c1-14(19-9-4-5-15(11-19)13-21)18(22)20-10-8-16-6-2-3-7-17(16)12-20/h2-3,6-7,14-15,21H,4-5,8-13H2,1H3. The van der Waals surface area contributed by atoms with Crippen LogP contribution in [-0.2, 0) is 17.8 Å². The highest BCUT2D eigenvalue weighted by Crippen LogP contribution is 2.22. The van der Waals surface area contributed by atoms with Gasteiger partial charge in [-0.25, -0.2) is 0 Å². The number of aliphatic hydroxyl groups excluding tert-OH is 1. The molecule has 4 heteroatoms. The Morgan fingerprint density at radius 1 is 1.32 bits per heavy atom. The average Bonchev–Trinajstić information content (AvgIpc) is 2.60. The van der Waals surface area contributed by atoms with E-state index in [0.717, 1.165) is 45.4 Å². The van der Waals surface area contributed by atoms with Crippen LogP contribution < -0.4 is 0 Å². The van der Waals surface area contributed by atoms with Crippen LogP contribution in [0.25, 0.3) is 0 Å². The Morgan fingerprint density at radius 2 is 2.09 bits per heavy atom. The van der Waals surface area contributed by atoms with Crippen LogP contribution in [0.2, 0.25) is 0 Å². The van der Waals surface area contributed by atoms with E-state index in [1.807, 2.05) is 17.9 Å². The maximum Gasteiger partial charge on any atom is 0.239 e. The number of hydrogen-bond donors (Lipinski definition) is 1. The topological polar surface area (TPSA) is 43.8 Å². The number of amides is 1. The van der Waals surface area contributed by atoms with Crippen molar-refractivity contribution in [1.82, 2.24) is 9.80 Å². The van der Waals surface area contributed by atoms with Gasteiger partial charge in [-0.2, -0.15) is 0 Å². The third-order valence-corrected chi connectivity index (χ3v) is 5.16. The van der Waals surface area contributed by atoms with E-state index in [2.05, 4.69) is 23.1 Å². The van der Waals surface area contributed by atoms with Gasteiger partial charge in [0.15, 0.2) is 0 Å². The molecule has 0 aliphatic carbocycles. The summed E-state index contributed by atoms with van der Waals surface area (Å²) in [6, 6.07) is 8.33. The number of hydrogen-bond acceptors (Lipinski definition) is 3. The zero-order valence-electron chi connectivity index (χ0n) is 13.4. The minimum absolute atomic E-state index is 0.0837. The van der Waals surface area contributed by atoms with Gasteiger partial charge >= 0.3 is 0 Å². The molecule has 2 heterocycles. The van der Waals surface area contributed by atoms with Crippen molar-refractivity contribution in [2.75, 3.05) is 26.2 Å². The fourth-order valence-corrected chi connectivity index (χ4v) is 3.70. The van der Waals surface area contributed by atoms with E-state index < -0.39 is 0 Å². The van der Waals surface area contributed by atoms with Crippen molar-refractivity contribution in [2.45, 2.75) is 38.8 Å². The molecule has 2 aliphatic rings. The summed E-state index contributed by atoms with van der Waals surface area (Å²) in [6.07, 6.45) is 3.10. The molecule has 0 radical (unpaired) electrons. The Bertz CT molecular complexity index is 532. The maximum atomic E-state index is 12.8. The first kappa shape index (κ1) is 15.5. The molecule has 1 fully saturated rings. The molecule has 120 valence electrons. The summed E-state index contributed by atoms with van der Waals surface area (Å²) >= 11 is 0. The van der Waals surface area contributed by atoms with Crippen molar-refractivity contribution in [1.29, 1.82) is 0 Å². The Kier molecular flexibility index (Phi) is 4.79. The molecular weight excluding hydrogens is 276 g/mol. The predicted molar refractivity (Wildman–Crippen MR) is 86.4 cm³/mol. The van der Waals surface area contributed by atoms with Gasteiger partial charge in [0, 0.05) is 26.2 Å². The van der Waals surface area contributed by atoms with Crippen molar-refractivity contribution in [3.8, 4) is 0 Å². The number of benzene rings is 1. The highest BCUT2D eigenvalue weighted by atomic mass is 16.3. The van der Waals surface area contributed by atoms with Crippen molar-refractivity contribution < 1.29 is 9.90 Å². The van der Waals surface area contributed by atoms with Gasteiger partial charge < -0.3 is 10.0 Å². The fourth-order valence-electron chi connectivity index (χ4n) is 3.70. The van der Waals surface area contributed by atoms with Gasteiger partial charge in [0.1, 0.15) is 0 Å². The highest BCUT2D eigenvalue weighted by molar-refractivity contribution is 5.81. The summed E-state index contributed by atoms with van der Waals surface area (Å²) in [5.41, 5.74) is 2.65. The second-order valence-electron chi connectivity index (χ2n) is 6.64. The van der Waals surface area contributed by atoms with Gasteiger partial charge in [0.2, 0.25) is 5.91 Å². The highest BCUT2D eigenvalue weighted by Gasteiger charge is 2.31. The van der Waals surface area contributed by atoms with E-state index >= 15 is 0 Å². The number of carbonyl (C=O) groups is 1. The van der Waals surface area contributed by atoms with Gasteiger partial charge in [-0.05, 0) is 49.8 Å². The number of piperidine rings is 1. The van der Waals surface area contributed by atoms with Crippen LogP contribution in [0.3, 0.4) is 0 Å². The van der Waals surface area contributed by atoms with Crippen molar-refractivity contribution in [2.24, 2.45) is 5.92 Å². The molecule has 0 spiro atoms. The van der Waals surface area contributed by atoms with Crippen LogP contribution in [-0.4, -0.2) is 53.1 Å². The van der Waals surface area contributed by atoms with Gasteiger partial charge in [-0.1, -0.05) is 24.3 Å². The minimum Gasteiger partial charge on any atom is -0.396 e. The Hall–Kier alpha value is -1.39. The smallest absolute Gasteiger partial charge is 0.239 e. The second-order valence-corrected chi connectivity index (χ2v) is 6.64. The van der Waals surface area contributed by atoms with Crippen LogP contribution in [0.4, 0.5) is 0 Å². The number of aliphatic hydroxyl groups is 1. The van der Waals surface area contributed by atoms with Crippen molar-refractivity contribution >= 4 is 5.91 Å². The van der Waals surface area contributed by atoms with E-state index in [4.69, 9.17) is 0 Å². The number of rotatable bonds is 3. The van der Waals surface area contributed by atoms with Crippen LogP contribution in [0.5, 0.6) is 0 Å². The Balaban J connectivity index is 1.64. The van der Waals surface area contributed by atoms with E-state index in [1.165, 1.54) is 11.1 Å². The van der Waals surface area contributed by atoms with Crippen LogP contribution in [0.15, 0.2) is 24.3 Å². The molecule has 1 saturated heterocycles. The van der Waals surface area contributed by atoms with Crippen molar-refractivity contribution in [3.63, 3.8) is 0 Å². The van der Waals surface area contributed by atoms with Gasteiger partial charge in [-0.3, -0.25) is 9.69 Å². The molecule has 0 aromatic heterocycles. The number of fused-ring (bicyclic) bond motifs is 1. The molecule has 1 aromatic carbocycles. The molecule has 2 unspecified atom stereocenters. The lowest BCUT2D eigenvalue weighted by atomic mass is 9.96. The Labute approximate surface area is 132 Å². The largest absolute Gasteiger partial charge is 0.396 e. The summed E-state index contributed by atoms with van der Waals surface area (Å²) in [6.45, 7) is 5.60. The van der Waals surface area contributed by atoms with Crippen molar-refractivity contribution in [3.05, 3.63) is 35.4 Å². The zero-order chi connectivity index (χ0) is 15.5. The fraction of sp³-hybridized carbons (Fsp3) is 0.611. The maximum absolute atomic E-state index is 12.8. The monoisotopic (exact) mass is 302 g/mol. The quantitative estimate of drug-likeness (QED) is 0.923. The van der Waals surface area contributed by atoms with Crippen LogP contribution in [0.1, 0.15) is 30.9 Å². The molecule has 1 aromatic rings. The lowest BCUT2D eigenvalue weighted by Gasteiger charge is -2.38. The van der Waals surface area contributed by atoms with Gasteiger partial charge in [0.25, 0.3) is 0 Å². The van der Waals surface area contributed by atoms with E-state index in [0.29, 0.717) is 5.92 Å². The number of carbonyl (C=O) groups excluding carboxylic acids is 1. The molecule has 0 bridgehead atoms. The summed E-state index contributed by atoms with van der Waals surface area (Å²) < 4.78 is 0. The number of nitrogens with zero attached hydrogens (tertiary/aromatic N) is 2. The third kappa shape index (κ3) is 3.18. The lowest BCUT2D eigenvalue weighted by Crippen LogP contribution is -2.51.